The number of ketones is 1. The molecular weight excluding hydrogens is 381 g/mol. The number of benzene rings is 2. The van der Waals surface area contributed by atoms with Crippen molar-refractivity contribution in [2.75, 3.05) is 52.4 Å². The Balaban J connectivity index is 1.39. The number of hydrogen-bond acceptors (Lipinski definition) is 4. The number of rotatable bonds is 6. The molecule has 2 saturated heterocycles. The lowest BCUT2D eigenvalue weighted by Crippen LogP contribution is -2.50. The van der Waals surface area contributed by atoms with Gasteiger partial charge in [-0.15, -0.1) is 0 Å². The molecule has 6 heteroatoms. The fraction of sp³-hybridized carbons (Fsp3) is 0.417. The second-order valence-electron chi connectivity index (χ2n) is 8.06. The van der Waals surface area contributed by atoms with Gasteiger partial charge in [0.2, 0.25) is 0 Å². The molecule has 0 aliphatic carbocycles. The van der Waals surface area contributed by atoms with Gasteiger partial charge in [-0.3, -0.25) is 14.5 Å². The molecule has 2 aliphatic heterocycles. The smallest absolute Gasteiger partial charge is 0.254 e. The summed E-state index contributed by atoms with van der Waals surface area (Å²) < 4.78 is 13.2. The molecule has 0 spiro atoms. The molecular formula is C24H28FN3O2. The molecule has 0 bridgehead atoms. The number of nitrogens with zero attached hydrogens (tertiary/aromatic N) is 3. The Hall–Kier alpha value is -2.57. The summed E-state index contributed by atoms with van der Waals surface area (Å²) in [6, 6.07) is 12.4. The van der Waals surface area contributed by atoms with Crippen LogP contribution in [0.4, 0.5) is 4.39 Å². The van der Waals surface area contributed by atoms with Crippen LogP contribution in [0.15, 0.2) is 48.5 Å². The van der Waals surface area contributed by atoms with Crippen LogP contribution < -0.4 is 0 Å². The van der Waals surface area contributed by atoms with Crippen LogP contribution in [0.1, 0.15) is 39.1 Å². The van der Waals surface area contributed by atoms with E-state index in [1.54, 1.807) is 24.3 Å². The molecule has 0 atom stereocenters. The van der Waals surface area contributed by atoms with Gasteiger partial charge in [0.25, 0.3) is 5.91 Å². The zero-order valence-electron chi connectivity index (χ0n) is 17.2. The Morgan fingerprint density at radius 3 is 1.93 bits per heavy atom. The van der Waals surface area contributed by atoms with Crippen LogP contribution in [0, 0.1) is 5.82 Å². The number of hydrogen-bond donors (Lipinski definition) is 0. The van der Waals surface area contributed by atoms with Gasteiger partial charge in [-0.1, -0.05) is 18.2 Å². The fourth-order valence-corrected chi connectivity index (χ4v) is 4.26. The highest BCUT2D eigenvalue weighted by molar-refractivity contribution is 6.15. The molecule has 0 N–H and O–H groups in total. The summed E-state index contributed by atoms with van der Waals surface area (Å²) >= 11 is 0. The Kier molecular flexibility index (Phi) is 6.55. The molecule has 0 saturated carbocycles. The topological polar surface area (TPSA) is 43.9 Å². The highest BCUT2D eigenvalue weighted by atomic mass is 19.1. The minimum atomic E-state index is -0.390. The predicted octanol–water partition coefficient (Wildman–Crippen LogP) is 2.91. The number of likely N-dealkylation sites (tertiary alicyclic amines) is 1. The van der Waals surface area contributed by atoms with Crippen LogP contribution in [0.2, 0.25) is 0 Å². The van der Waals surface area contributed by atoms with Gasteiger partial charge in [0.15, 0.2) is 5.78 Å². The molecule has 2 aromatic carbocycles. The van der Waals surface area contributed by atoms with Crippen molar-refractivity contribution in [2.24, 2.45) is 0 Å². The molecule has 2 aliphatic rings. The van der Waals surface area contributed by atoms with Crippen LogP contribution in [0.3, 0.4) is 0 Å². The van der Waals surface area contributed by atoms with Gasteiger partial charge >= 0.3 is 0 Å². The summed E-state index contributed by atoms with van der Waals surface area (Å²) in [6.07, 6.45) is 2.61. The Morgan fingerprint density at radius 2 is 1.30 bits per heavy atom. The van der Waals surface area contributed by atoms with Crippen molar-refractivity contribution in [1.82, 2.24) is 14.7 Å². The van der Waals surface area contributed by atoms with Crippen LogP contribution >= 0.6 is 0 Å². The zero-order chi connectivity index (χ0) is 20.9. The van der Waals surface area contributed by atoms with Gasteiger partial charge in [0, 0.05) is 50.4 Å². The predicted molar refractivity (Wildman–Crippen MR) is 114 cm³/mol. The van der Waals surface area contributed by atoms with Gasteiger partial charge < -0.3 is 9.80 Å². The second-order valence-corrected chi connectivity index (χ2v) is 8.06. The first-order valence-corrected chi connectivity index (χ1v) is 10.7. The summed E-state index contributed by atoms with van der Waals surface area (Å²) in [6.45, 7) is 7.59. The first-order valence-electron chi connectivity index (χ1n) is 10.7. The summed E-state index contributed by atoms with van der Waals surface area (Å²) in [5.74, 6) is -0.762. The van der Waals surface area contributed by atoms with Crippen LogP contribution in [0.25, 0.3) is 0 Å². The van der Waals surface area contributed by atoms with Crippen molar-refractivity contribution in [2.45, 2.75) is 12.8 Å². The van der Waals surface area contributed by atoms with E-state index < -0.39 is 5.82 Å². The van der Waals surface area contributed by atoms with E-state index in [0.717, 1.165) is 26.2 Å². The largest absolute Gasteiger partial charge is 0.336 e. The van der Waals surface area contributed by atoms with Gasteiger partial charge in [-0.2, -0.15) is 0 Å². The summed E-state index contributed by atoms with van der Waals surface area (Å²) in [5.41, 5.74) is 1.16. The minimum absolute atomic E-state index is 0.111. The highest BCUT2D eigenvalue weighted by Crippen LogP contribution is 2.18. The van der Waals surface area contributed by atoms with Gasteiger partial charge in [-0.05, 0) is 56.3 Å². The molecule has 0 aromatic heterocycles. The monoisotopic (exact) mass is 409 g/mol. The number of carbonyl (C=O) groups is 2. The molecule has 0 radical (unpaired) electrons. The van der Waals surface area contributed by atoms with Gasteiger partial charge in [-0.25, -0.2) is 4.39 Å². The number of halogens is 1. The fourth-order valence-electron chi connectivity index (χ4n) is 4.26. The zero-order valence-corrected chi connectivity index (χ0v) is 17.2. The highest BCUT2D eigenvalue weighted by Gasteiger charge is 2.26. The molecule has 2 heterocycles. The molecule has 0 unspecified atom stereocenters. The first-order chi connectivity index (χ1) is 14.6. The molecule has 158 valence electrons. The van der Waals surface area contributed by atoms with Crippen molar-refractivity contribution in [1.29, 1.82) is 0 Å². The third-order valence-electron chi connectivity index (χ3n) is 6.10. The summed E-state index contributed by atoms with van der Waals surface area (Å²) in [4.78, 5) is 32.9. The van der Waals surface area contributed by atoms with E-state index in [-0.39, 0.29) is 11.7 Å². The molecule has 5 nitrogen and oxygen atoms in total. The van der Waals surface area contributed by atoms with Crippen LogP contribution in [-0.2, 0) is 0 Å². The van der Waals surface area contributed by atoms with Crippen LogP contribution in [-0.4, -0.2) is 78.7 Å². The van der Waals surface area contributed by atoms with Crippen molar-refractivity contribution >= 4 is 11.7 Å². The van der Waals surface area contributed by atoms with E-state index in [0.29, 0.717) is 29.8 Å². The Labute approximate surface area is 177 Å². The SMILES string of the molecule is O=C(c1ccc(F)cc1)c1ccccc1C(=O)N1CCN(CCN2CCCC2)CC1. The maximum Gasteiger partial charge on any atom is 0.254 e. The number of amides is 1. The molecule has 2 aromatic rings. The summed E-state index contributed by atoms with van der Waals surface area (Å²) in [7, 11) is 0. The average Bonchev–Trinajstić information content (AvgIpc) is 3.31. The van der Waals surface area contributed by atoms with E-state index in [1.807, 2.05) is 4.90 Å². The summed E-state index contributed by atoms with van der Waals surface area (Å²) in [5, 5.41) is 0. The lowest BCUT2D eigenvalue weighted by Gasteiger charge is -2.35. The van der Waals surface area contributed by atoms with E-state index in [1.165, 1.54) is 50.2 Å². The van der Waals surface area contributed by atoms with Crippen molar-refractivity contribution in [3.8, 4) is 0 Å². The van der Waals surface area contributed by atoms with Gasteiger partial charge in [0.1, 0.15) is 5.82 Å². The van der Waals surface area contributed by atoms with Crippen molar-refractivity contribution < 1.29 is 14.0 Å². The lowest BCUT2D eigenvalue weighted by atomic mass is 9.97. The molecule has 1 amide bonds. The third-order valence-corrected chi connectivity index (χ3v) is 6.10. The lowest BCUT2D eigenvalue weighted by molar-refractivity contribution is 0.0624. The Bertz CT molecular complexity index is 886. The number of piperazine rings is 1. The molecule has 30 heavy (non-hydrogen) atoms. The second kappa shape index (κ2) is 9.49. The maximum atomic E-state index is 13.2. The van der Waals surface area contributed by atoms with Gasteiger partial charge in [0.05, 0.1) is 5.56 Å². The average molecular weight is 410 g/mol. The molecule has 4 rings (SSSR count). The van der Waals surface area contributed by atoms with Crippen LogP contribution in [0.5, 0.6) is 0 Å². The minimum Gasteiger partial charge on any atom is -0.336 e. The number of carbonyl (C=O) groups excluding carboxylic acids is 2. The van der Waals surface area contributed by atoms with Crippen molar-refractivity contribution in [3.63, 3.8) is 0 Å². The van der Waals surface area contributed by atoms with Crippen molar-refractivity contribution in [3.05, 3.63) is 71.0 Å². The molecule has 2 fully saturated rings. The van der Waals surface area contributed by atoms with E-state index in [4.69, 9.17) is 0 Å². The maximum absolute atomic E-state index is 13.2. The Morgan fingerprint density at radius 1 is 0.733 bits per heavy atom. The third kappa shape index (κ3) is 4.77. The van der Waals surface area contributed by atoms with E-state index in [2.05, 4.69) is 9.80 Å². The van der Waals surface area contributed by atoms with E-state index in [9.17, 15) is 14.0 Å². The standard InChI is InChI=1S/C24H28FN3O2/c25-20-9-7-19(8-10-20)23(29)21-5-1-2-6-22(21)24(30)28-17-15-27(16-18-28)14-13-26-11-3-4-12-26/h1-2,5-10H,3-4,11-18H2. The normalized spacial score (nSPS) is 18.0. The van der Waals surface area contributed by atoms with E-state index >= 15 is 0 Å². The first kappa shape index (κ1) is 20.7. The quantitative estimate of drug-likeness (QED) is 0.689.